The maximum atomic E-state index is 10.7. The molecule has 2 aromatic rings. The molecule has 4 aliphatic rings. The van der Waals surface area contributed by atoms with Gasteiger partial charge in [0, 0.05) is 34.8 Å². The van der Waals surface area contributed by atoms with Crippen LogP contribution in [-0.4, -0.2) is 21.4 Å². The fourth-order valence-electron chi connectivity index (χ4n) is 8.65. The number of allylic oxidation sites excluding steroid dienone is 4. The van der Waals surface area contributed by atoms with Gasteiger partial charge < -0.3 is 19.7 Å². The number of phenols is 2. The fourth-order valence-corrected chi connectivity index (χ4v) is 8.65. The van der Waals surface area contributed by atoms with Crippen molar-refractivity contribution < 1.29 is 21.1 Å². The molecular formula is C44H69O4+. The maximum absolute atomic E-state index is 10.7. The molecular weight excluding hydrogens is 592 g/mol. The Morgan fingerprint density at radius 1 is 0.729 bits per heavy atom. The molecule has 0 fully saturated rings. The van der Waals surface area contributed by atoms with E-state index in [0.29, 0.717) is 29.3 Å². The minimum Gasteiger partial charge on any atom is -0.508 e. The van der Waals surface area contributed by atoms with E-state index in [1.807, 2.05) is 12.1 Å². The molecule has 0 saturated carbocycles. The number of aromatic hydroxyl groups is 2. The zero-order valence-corrected chi connectivity index (χ0v) is 30.0. The summed E-state index contributed by atoms with van der Waals surface area (Å²) in [6.07, 6.45) is 18.3. The Labute approximate surface area is 295 Å². The second-order valence-electron chi connectivity index (χ2n) is 15.8. The number of rotatable bonds is 8. The molecule has 268 valence electrons. The molecule has 0 spiro atoms. The minimum atomic E-state index is -0.177. The number of unbranched alkanes of at least 4 members (excludes halogenated alkanes) is 4. The van der Waals surface area contributed by atoms with E-state index in [1.54, 1.807) is 0 Å². The Hall–Kier alpha value is -2.88. The molecule has 4 heteroatoms. The average Bonchev–Trinajstić information content (AvgIpc) is 2.96. The number of aryl methyl sites for hydroxylation is 2. The van der Waals surface area contributed by atoms with Gasteiger partial charge in [-0.05, 0) is 128 Å². The van der Waals surface area contributed by atoms with Crippen molar-refractivity contribution in [3.8, 4) is 23.0 Å². The van der Waals surface area contributed by atoms with Crippen LogP contribution >= 0.6 is 0 Å². The highest BCUT2D eigenvalue weighted by atomic mass is 16.5. The minimum absolute atomic E-state index is 0. The molecule has 0 saturated heterocycles. The van der Waals surface area contributed by atoms with Gasteiger partial charge in [0.1, 0.15) is 34.2 Å². The van der Waals surface area contributed by atoms with Crippen molar-refractivity contribution in [1.82, 2.24) is 0 Å². The molecule has 0 radical (unpaired) electrons. The zero-order chi connectivity index (χ0) is 33.2. The van der Waals surface area contributed by atoms with Gasteiger partial charge in [-0.1, -0.05) is 77.7 Å². The van der Waals surface area contributed by atoms with E-state index in [2.05, 4.69) is 79.7 Å². The predicted molar refractivity (Wildman–Crippen MR) is 205 cm³/mol. The Kier molecular flexibility index (Phi) is 13.4. The van der Waals surface area contributed by atoms with Gasteiger partial charge in [0.2, 0.25) is 0 Å². The van der Waals surface area contributed by atoms with Crippen LogP contribution in [0.15, 0.2) is 47.6 Å². The van der Waals surface area contributed by atoms with Crippen LogP contribution < -0.4 is 9.47 Å². The highest BCUT2D eigenvalue weighted by Crippen LogP contribution is 2.55. The standard InChI is InChI=1S/2C21H30O2.2CH4/c2*1-5-6-7-8-15-12-18(22)20-16-11-14(2)9-10-17(16)21(3,4)23-19(20)13-15;;/h11-13,16-17,22H,5-10H2,1-4H3;9,12-13,16-17,22H,5-8,10-11H2,1-4H3;2*1H4/p+1/t2*16-,17-;;/m11../s1. The first-order valence-corrected chi connectivity index (χ1v) is 18.3. The van der Waals surface area contributed by atoms with Gasteiger partial charge >= 0.3 is 1.43 Å². The molecule has 48 heavy (non-hydrogen) atoms. The van der Waals surface area contributed by atoms with Crippen molar-refractivity contribution in [3.05, 3.63) is 69.8 Å². The smallest absolute Gasteiger partial charge is 0.508 e. The summed E-state index contributed by atoms with van der Waals surface area (Å²) in [6.45, 7) is 17.6. The average molecular weight is 662 g/mol. The van der Waals surface area contributed by atoms with E-state index in [4.69, 9.17) is 9.47 Å². The summed E-state index contributed by atoms with van der Waals surface area (Å²) in [6, 6.07) is 8.28. The van der Waals surface area contributed by atoms with Gasteiger partial charge in [0.25, 0.3) is 0 Å². The quantitative estimate of drug-likeness (QED) is 0.218. The number of benzene rings is 2. The van der Waals surface area contributed by atoms with Crippen molar-refractivity contribution >= 4 is 0 Å². The molecule has 4 nitrogen and oxygen atoms in total. The van der Waals surface area contributed by atoms with Gasteiger partial charge in [-0.15, -0.1) is 0 Å². The van der Waals surface area contributed by atoms with Gasteiger partial charge in [-0.2, -0.15) is 0 Å². The second kappa shape index (κ2) is 16.2. The van der Waals surface area contributed by atoms with Crippen molar-refractivity contribution in [1.29, 1.82) is 0 Å². The van der Waals surface area contributed by atoms with E-state index in [9.17, 15) is 10.2 Å². The summed E-state index contributed by atoms with van der Waals surface area (Å²) in [7, 11) is 0. The first-order chi connectivity index (χ1) is 21.8. The van der Waals surface area contributed by atoms with Crippen molar-refractivity contribution in [2.45, 2.75) is 170 Å². The summed E-state index contributed by atoms with van der Waals surface area (Å²) in [5.74, 6) is 4.22. The molecule has 6 rings (SSSR count). The monoisotopic (exact) mass is 662 g/mol. The third-order valence-electron chi connectivity index (χ3n) is 11.2. The lowest BCUT2D eigenvalue weighted by Gasteiger charge is -2.47. The van der Waals surface area contributed by atoms with Crippen LogP contribution in [0.25, 0.3) is 0 Å². The van der Waals surface area contributed by atoms with E-state index in [0.717, 1.165) is 61.2 Å². The lowest BCUT2D eigenvalue weighted by molar-refractivity contribution is 0.00749. The normalized spacial score (nSPS) is 24.1. The molecule has 2 heterocycles. The summed E-state index contributed by atoms with van der Waals surface area (Å²) in [4.78, 5) is 0. The van der Waals surface area contributed by atoms with Gasteiger partial charge in [0.05, 0.1) is 0 Å². The number of hydrogen-bond donors (Lipinski definition) is 2. The molecule has 0 unspecified atom stereocenters. The molecule has 2 aromatic carbocycles. The van der Waals surface area contributed by atoms with Crippen LogP contribution in [0.3, 0.4) is 0 Å². The summed E-state index contributed by atoms with van der Waals surface area (Å²) >= 11 is 0. The number of ether oxygens (including phenoxy) is 2. The largest absolute Gasteiger partial charge is 1.00 e. The van der Waals surface area contributed by atoms with Crippen LogP contribution in [0, 0.1) is 11.8 Å². The number of fused-ring (bicyclic) bond motifs is 6. The van der Waals surface area contributed by atoms with Crippen molar-refractivity contribution in [2.24, 2.45) is 11.8 Å². The maximum Gasteiger partial charge on any atom is 1.00 e. The second-order valence-corrected chi connectivity index (χ2v) is 15.8. The topological polar surface area (TPSA) is 58.9 Å². The number of hydrogen-bond acceptors (Lipinski definition) is 4. The van der Waals surface area contributed by atoms with E-state index >= 15 is 0 Å². The summed E-state index contributed by atoms with van der Waals surface area (Å²) < 4.78 is 12.7. The molecule has 2 N–H and O–H groups in total. The van der Waals surface area contributed by atoms with Crippen LogP contribution in [-0.2, 0) is 12.8 Å². The highest BCUT2D eigenvalue weighted by Gasteiger charge is 2.46. The Morgan fingerprint density at radius 2 is 1.25 bits per heavy atom. The molecule has 4 atom stereocenters. The first-order valence-electron chi connectivity index (χ1n) is 18.3. The lowest BCUT2D eigenvalue weighted by Crippen LogP contribution is -2.45. The first kappa shape index (κ1) is 39.6. The molecule has 2 aliphatic heterocycles. The van der Waals surface area contributed by atoms with Gasteiger partial charge in [0.15, 0.2) is 0 Å². The van der Waals surface area contributed by atoms with Crippen LogP contribution in [0.5, 0.6) is 23.0 Å². The van der Waals surface area contributed by atoms with Gasteiger partial charge in [-0.25, -0.2) is 0 Å². The fraction of sp³-hybridized carbons (Fsp3) is 0.636. The van der Waals surface area contributed by atoms with Crippen LogP contribution in [0.2, 0.25) is 0 Å². The zero-order valence-electron chi connectivity index (χ0n) is 31.0. The Balaban J connectivity index is 0.000000321. The third-order valence-corrected chi connectivity index (χ3v) is 11.2. The summed E-state index contributed by atoms with van der Waals surface area (Å²) in [5.41, 5.74) is 6.95. The molecule has 0 bridgehead atoms. The van der Waals surface area contributed by atoms with E-state index < -0.39 is 0 Å². The Bertz CT molecular complexity index is 1450. The van der Waals surface area contributed by atoms with Gasteiger partial charge in [-0.3, -0.25) is 0 Å². The third kappa shape index (κ3) is 8.45. The molecule has 0 aromatic heterocycles. The van der Waals surface area contributed by atoms with E-state index in [-0.39, 0.29) is 33.4 Å². The summed E-state index contributed by atoms with van der Waals surface area (Å²) in [5, 5.41) is 21.4. The lowest BCUT2D eigenvalue weighted by atomic mass is 9.67. The van der Waals surface area contributed by atoms with Crippen LogP contribution in [0.1, 0.15) is 170 Å². The predicted octanol–water partition coefficient (Wildman–Crippen LogP) is 12.9. The highest BCUT2D eigenvalue weighted by molar-refractivity contribution is 5.54. The van der Waals surface area contributed by atoms with Crippen LogP contribution in [0.4, 0.5) is 0 Å². The van der Waals surface area contributed by atoms with E-state index in [1.165, 1.54) is 60.8 Å². The molecule has 0 amide bonds. The van der Waals surface area contributed by atoms with Crippen molar-refractivity contribution in [3.63, 3.8) is 0 Å². The van der Waals surface area contributed by atoms with Crippen molar-refractivity contribution in [2.75, 3.05) is 0 Å². The molecule has 2 aliphatic carbocycles. The number of phenolic OH excluding ortho intramolecular Hbond substituents is 2. The SMILES string of the molecule is C.C.CCCCCc1cc(O)c2c(c1)OC(C)(C)[C@@H]1CC=C(C)C[C@@H]21.CCCCCc1cc(O)c2c(c1)OC(C)(C)[C@@H]1CCC(C)=C[C@@H]21.[H+]. The Morgan fingerprint density at radius 3 is 1.81 bits per heavy atom.